The molecule has 1 aromatic heterocycles. The number of carbonyl (C=O) groups excluding carboxylic acids is 3. The summed E-state index contributed by atoms with van der Waals surface area (Å²) in [4.78, 5) is 69.4. The van der Waals surface area contributed by atoms with Gasteiger partial charge in [-0.1, -0.05) is 48.9 Å². The van der Waals surface area contributed by atoms with Gasteiger partial charge in [-0.15, -0.1) is 11.8 Å². The molecule has 13 heteroatoms. The second-order valence-electron chi connectivity index (χ2n) is 12.4. The van der Waals surface area contributed by atoms with Crippen LogP contribution in [-0.2, 0) is 19.2 Å². The average Bonchev–Trinajstić information content (AvgIpc) is 3.73. The topological polar surface area (TPSA) is 146 Å². The molecule has 4 aliphatic rings. The average molecular weight is 668 g/mol. The molecule has 3 amide bonds. The fourth-order valence-corrected chi connectivity index (χ4v) is 11.0. The number of likely N-dealkylation sites (tertiary alicyclic amines) is 1. The maximum absolute atomic E-state index is 13.8. The summed E-state index contributed by atoms with van der Waals surface area (Å²) >= 11 is 8.65. The number of nitrogens with one attached hydrogen (secondary N) is 2. The van der Waals surface area contributed by atoms with E-state index in [1.165, 1.54) is 11.3 Å². The van der Waals surface area contributed by atoms with Gasteiger partial charge in [0.25, 0.3) is 5.91 Å². The van der Waals surface area contributed by atoms with E-state index in [1.54, 1.807) is 62.0 Å². The van der Waals surface area contributed by atoms with E-state index in [0.717, 1.165) is 20.4 Å². The number of carboxylic acids is 1. The van der Waals surface area contributed by atoms with Crippen LogP contribution in [-0.4, -0.2) is 56.6 Å². The number of halogens is 1. The van der Waals surface area contributed by atoms with Gasteiger partial charge in [0.2, 0.25) is 11.8 Å². The third kappa shape index (κ3) is 4.97. The third-order valence-corrected chi connectivity index (χ3v) is 12.5. The molecule has 234 valence electrons. The first-order valence-corrected chi connectivity index (χ1v) is 16.9. The molecule has 3 N–H and O–H groups in total. The molecule has 2 aromatic carbocycles. The highest BCUT2D eigenvalue weighted by Gasteiger charge is 2.70. The summed E-state index contributed by atoms with van der Waals surface area (Å²) in [5.41, 5.74) is 1.55. The third-order valence-electron chi connectivity index (χ3n) is 9.66. The van der Waals surface area contributed by atoms with Crippen molar-refractivity contribution in [3.05, 3.63) is 73.7 Å². The number of thioether (sulfide) groups is 1. The SMILES string of the molecule is CC(C)C(C(=O)O)N1C(=O)C2C3CC(C2C1=O)C1C3Sc2[nH]c(=O)sc2[C@@H]1c1ccc(OCC(=O)Nc2ccc(Cl)cc2)cc1. The van der Waals surface area contributed by atoms with Gasteiger partial charge in [-0.05, 0) is 72.1 Å². The molecule has 3 fully saturated rings. The fraction of sp³-hybridized carbons (Fsp3) is 0.406. The molecular weight excluding hydrogens is 638 g/mol. The minimum Gasteiger partial charge on any atom is -0.484 e. The zero-order valence-electron chi connectivity index (χ0n) is 24.3. The van der Waals surface area contributed by atoms with Crippen LogP contribution in [0.1, 0.15) is 36.6 Å². The first kappa shape index (κ1) is 30.1. The van der Waals surface area contributed by atoms with Gasteiger partial charge in [0.1, 0.15) is 11.8 Å². The zero-order valence-corrected chi connectivity index (χ0v) is 26.7. The van der Waals surface area contributed by atoms with Crippen molar-refractivity contribution in [1.29, 1.82) is 0 Å². The molecule has 7 rings (SSSR count). The number of amides is 3. The van der Waals surface area contributed by atoms with Crippen LogP contribution in [0.2, 0.25) is 5.02 Å². The number of aliphatic carboxylic acids is 1. The number of benzene rings is 2. The lowest BCUT2D eigenvalue weighted by Crippen LogP contribution is -2.49. The van der Waals surface area contributed by atoms with Crippen molar-refractivity contribution in [3.63, 3.8) is 0 Å². The standard InChI is InChI=1S/C32H30ClN3O7S2/c1-13(2)25(31(40)41)36-29(38)23-18-11-19(24(23)30(36)39)26-22(18)21(27-28(44-26)35-32(42)45-27)14-3-9-17(10-4-14)43-12-20(37)34-16-7-5-15(33)6-8-16/h3-10,13,18-19,21-26H,11-12H2,1-2H3,(H,34,37)(H,35,42)(H,40,41)/t18?,19?,21-,22?,23?,24?,25?,26?/m1/s1. The van der Waals surface area contributed by atoms with Crippen molar-refractivity contribution in [3.8, 4) is 5.75 Å². The predicted molar refractivity (Wildman–Crippen MR) is 169 cm³/mol. The van der Waals surface area contributed by atoms with Crippen LogP contribution in [0.15, 0.2) is 58.4 Å². The Balaban J connectivity index is 1.14. The number of aromatic nitrogens is 1. The number of aromatic amines is 1. The van der Waals surface area contributed by atoms with Gasteiger partial charge >= 0.3 is 10.8 Å². The van der Waals surface area contributed by atoms with E-state index in [0.29, 0.717) is 22.9 Å². The van der Waals surface area contributed by atoms with Crippen LogP contribution < -0.4 is 14.9 Å². The number of rotatable bonds is 8. The van der Waals surface area contributed by atoms with Crippen molar-refractivity contribution in [2.45, 2.75) is 42.5 Å². The van der Waals surface area contributed by atoms with E-state index >= 15 is 0 Å². The molecule has 2 aliphatic carbocycles. The second kappa shape index (κ2) is 11.3. The van der Waals surface area contributed by atoms with Crippen LogP contribution in [0.4, 0.5) is 5.69 Å². The summed E-state index contributed by atoms with van der Waals surface area (Å²) in [6, 6.07) is 13.0. The summed E-state index contributed by atoms with van der Waals surface area (Å²) in [5.74, 6) is -3.70. The van der Waals surface area contributed by atoms with E-state index < -0.39 is 29.8 Å². The number of nitrogens with zero attached hydrogens (tertiary/aromatic N) is 1. The normalized spacial score (nSPS) is 28.5. The summed E-state index contributed by atoms with van der Waals surface area (Å²) < 4.78 is 5.74. The van der Waals surface area contributed by atoms with Gasteiger partial charge in [-0.2, -0.15) is 0 Å². The Morgan fingerprint density at radius 2 is 1.71 bits per heavy atom. The molecule has 45 heavy (non-hydrogen) atoms. The molecule has 7 unspecified atom stereocenters. The van der Waals surface area contributed by atoms with Crippen LogP contribution in [0.25, 0.3) is 0 Å². The number of anilines is 1. The van der Waals surface area contributed by atoms with Crippen LogP contribution >= 0.6 is 34.7 Å². The fourth-order valence-electron chi connectivity index (χ4n) is 8.03. The van der Waals surface area contributed by atoms with Gasteiger partial charge in [-0.25, -0.2) is 4.79 Å². The number of hydrogen-bond acceptors (Lipinski definition) is 8. The molecular formula is C32H30ClN3O7S2. The number of imide groups is 1. The zero-order chi connectivity index (χ0) is 31.7. The van der Waals surface area contributed by atoms with E-state index in [-0.39, 0.29) is 58.1 Å². The molecule has 3 aromatic rings. The summed E-state index contributed by atoms with van der Waals surface area (Å²) in [5, 5.41) is 14.0. The van der Waals surface area contributed by atoms with Crippen LogP contribution in [0, 0.1) is 35.5 Å². The van der Waals surface area contributed by atoms with E-state index in [2.05, 4.69) is 10.3 Å². The lowest BCUT2D eigenvalue weighted by Gasteiger charge is -2.43. The number of hydrogen-bond donors (Lipinski definition) is 3. The van der Waals surface area contributed by atoms with E-state index in [9.17, 15) is 29.1 Å². The predicted octanol–water partition coefficient (Wildman–Crippen LogP) is 4.69. The highest BCUT2D eigenvalue weighted by Crippen LogP contribution is 2.68. The second-order valence-corrected chi connectivity index (χ2v) is 15.1. The molecule has 3 heterocycles. The van der Waals surface area contributed by atoms with Crippen molar-refractivity contribution < 1.29 is 29.0 Å². The Labute approximate surface area is 271 Å². The number of carboxylic acid groups (broad SMARTS) is 1. The van der Waals surface area contributed by atoms with E-state index in [1.807, 2.05) is 12.1 Å². The molecule has 0 spiro atoms. The Morgan fingerprint density at radius 3 is 2.36 bits per heavy atom. The molecule has 0 radical (unpaired) electrons. The van der Waals surface area contributed by atoms with Gasteiger partial charge in [0, 0.05) is 26.8 Å². The number of fused-ring (bicyclic) bond motifs is 9. The lowest BCUT2D eigenvalue weighted by atomic mass is 9.68. The number of H-pyrrole nitrogens is 1. The van der Waals surface area contributed by atoms with Crippen LogP contribution in [0.3, 0.4) is 0 Å². The molecule has 8 atom stereocenters. The van der Waals surface area contributed by atoms with Gasteiger partial charge in [0.05, 0.1) is 16.9 Å². The van der Waals surface area contributed by atoms with Crippen molar-refractivity contribution in [2.75, 3.05) is 11.9 Å². The summed E-state index contributed by atoms with van der Waals surface area (Å²) in [6.45, 7) is 3.23. The Hall–Kier alpha value is -3.61. The lowest BCUT2D eigenvalue weighted by molar-refractivity contribution is -0.157. The molecule has 1 saturated heterocycles. The van der Waals surface area contributed by atoms with Gasteiger partial charge in [-0.3, -0.25) is 24.1 Å². The highest BCUT2D eigenvalue weighted by molar-refractivity contribution is 8.00. The first-order chi connectivity index (χ1) is 21.5. The highest BCUT2D eigenvalue weighted by atomic mass is 35.5. The Kier molecular flexibility index (Phi) is 7.57. The summed E-state index contributed by atoms with van der Waals surface area (Å²) in [6.07, 6.45) is 0.710. The van der Waals surface area contributed by atoms with Gasteiger partial charge in [0.15, 0.2) is 6.61 Å². The quantitative estimate of drug-likeness (QED) is 0.294. The minimum absolute atomic E-state index is 0.00878. The Morgan fingerprint density at radius 1 is 1.04 bits per heavy atom. The first-order valence-electron chi connectivity index (χ1n) is 14.8. The maximum Gasteiger partial charge on any atom is 0.327 e. The monoisotopic (exact) mass is 667 g/mol. The summed E-state index contributed by atoms with van der Waals surface area (Å²) in [7, 11) is 0. The number of ether oxygens (including phenoxy) is 1. The molecule has 2 saturated carbocycles. The molecule has 2 bridgehead atoms. The largest absolute Gasteiger partial charge is 0.484 e. The van der Waals surface area contributed by atoms with Crippen molar-refractivity contribution in [1.82, 2.24) is 9.88 Å². The van der Waals surface area contributed by atoms with Crippen molar-refractivity contribution in [2.24, 2.45) is 35.5 Å². The maximum atomic E-state index is 13.8. The van der Waals surface area contributed by atoms with Gasteiger partial charge < -0.3 is 20.1 Å². The molecule has 10 nitrogen and oxygen atoms in total. The smallest absolute Gasteiger partial charge is 0.327 e. The van der Waals surface area contributed by atoms with Crippen molar-refractivity contribution >= 4 is 64.1 Å². The Bertz CT molecular complexity index is 1760. The van der Waals surface area contributed by atoms with Crippen LogP contribution in [0.5, 0.6) is 5.75 Å². The molecule has 2 aliphatic heterocycles. The number of thiazole rings is 1. The number of carbonyl (C=O) groups is 4. The van der Waals surface area contributed by atoms with E-state index in [4.69, 9.17) is 16.3 Å². The minimum atomic E-state index is -1.20.